The first kappa shape index (κ1) is 81.6. The Labute approximate surface area is 601 Å². The highest BCUT2D eigenvalue weighted by atomic mass is 31.1. The van der Waals surface area contributed by atoms with Crippen LogP contribution in [0.25, 0.3) is 0 Å². The van der Waals surface area contributed by atoms with Crippen LogP contribution in [-0.4, -0.2) is 165 Å². The number of nitrogens with one attached hydrogen (secondary N) is 2. The number of para-hydroxylation sites is 1. The summed E-state index contributed by atoms with van der Waals surface area (Å²) < 4.78 is 109. The summed E-state index contributed by atoms with van der Waals surface area (Å²) >= 11 is 0. The zero-order valence-electron chi connectivity index (χ0n) is 60.3. The molecule has 3 aliphatic rings. The van der Waals surface area contributed by atoms with Crippen molar-refractivity contribution in [1.82, 2.24) is 0 Å². The third-order valence-electron chi connectivity index (χ3n) is 19.2. The quantitative estimate of drug-likeness (QED) is 0.0186. The van der Waals surface area contributed by atoms with Crippen LogP contribution in [0.1, 0.15) is 94.7 Å². The lowest BCUT2D eigenvalue weighted by Gasteiger charge is -2.43. The van der Waals surface area contributed by atoms with Crippen molar-refractivity contribution in [2.75, 3.05) is 106 Å². The molecular weight excluding hydrogens is 1330 g/mol. The molecule has 0 amide bonds. The van der Waals surface area contributed by atoms with Gasteiger partial charge >= 0.3 is 16.5 Å². The number of piperidine rings is 1. The molecule has 540 valence electrons. The van der Waals surface area contributed by atoms with Gasteiger partial charge in [0.15, 0.2) is 11.9 Å². The molecule has 0 saturated carbocycles. The lowest BCUT2D eigenvalue weighted by molar-refractivity contribution is -0.894. The van der Waals surface area contributed by atoms with E-state index in [4.69, 9.17) is 72.1 Å². The Kier molecular flexibility index (Phi) is 32.6. The van der Waals surface area contributed by atoms with Gasteiger partial charge in [-0.05, 0) is 145 Å². The minimum Gasteiger partial charge on any atom is -0.566 e. The van der Waals surface area contributed by atoms with Gasteiger partial charge in [-0.15, -0.1) is 9.05 Å². The number of benzene rings is 7. The first-order valence-electron chi connectivity index (χ1n) is 34.6. The van der Waals surface area contributed by atoms with E-state index in [1.165, 1.54) is 52.4 Å². The maximum atomic E-state index is 14.6. The van der Waals surface area contributed by atoms with Crippen LogP contribution in [0.15, 0.2) is 182 Å². The zero-order valence-corrected chi connectivity index (χ0v) is 62.1. The van der Waals surface area contributed by atoms with E-state index in [2.05, 4.69) is 41.5 Å². The molecule has 0 bridgehead atoms. The average Bonchev–Trinajstić information content (AvgIpc) is 1.08. The predicted octanol–water partition coefficient (Wildman–Crippen LogP) is 9.28. The molecule has 3 saturated heterocycles. The van der Waals surface area contributed by atoms with Crippen LogP contribution in [0.5, 0.6) is 23.0 Å². The number of rotatable bonds is 30. The molecule has 4 unspecified atom stereocenters. The number of ether oxygens (including phenoxy) is 10. The first-order chi connectivity index (χ1) is 48.8. The van der Waals surface area contributed by atoms with E-state index in [1.807, 2.05) is 163 Å². The molecule has 24 heteroatoms. The monoisotopic (exact) mass is 1430 g/mol. The van der Waals surface area contributed by atoms with Crippen LogP contribution < -0.4 is 43.4 Å². The molecule has 3 aliphatic heterocycles. The Hall–Kier alpha value is -6.68. The second-order valence-corrected chi connectivity index (χ2v) is 25.9. The van der Waals surface area contributed by atoms with Gasteiger partial charge in [0.05, 0.1) is 86.6 Å². The predicted molar refractivity (Wildman–Crippen MR) is 387 cm³/mol. The summed E-state index contributed by atoms with van der Waals surface area (Å²) in [7, 11) is 14.1. The average molecular weight is 1430 g/mol. The summed E-state index contributed by atoms with van der Waals surface area (Å²) in [5, 5.41) is 0. The normalized spacial score (nSPS) is 20.5. The summed E-state index contributed by atoms with van der Waals surface area (Å²) in [6.07, 6.45) is -3.93. The second-order valence-electron chi connectivity index (χ2n) is 24.6. The third kappa shape index (κ3) is 21.0. The van der Waals surface area contributed by atoms with E-state index in [9.17, 15) is 23.3 Å². The molecule has 3 heterocycles. The van der Waals surface area contributed by atoms with Crippen LogP contribution in [0.3, 0.4) is 0 Å². The van der Waals surface area contributed by atoms with Crippen molar-refractivity contribution in [3.63, 3.8) is 0 Å². The van der Waals surface area contributed by atoms with Crippen molar-refractivity contribution in [3.05, 3.63) is 221 Å². The molecule has 7 aromatic rings. The molecule has 2 N–H and O–H groups in total. The van der Waals surface area contributed by atoms with E-state index in [-0.39, 0.29) is 24.9 Å². The maximum Gasteiger partial charge on any atom is 0.488 e. The molecule has 3 fully saturated rings. The smallest absolute Gasteiger partial charge is 0.488 e. The highest BCUT2D eigenvalue weighted by molar-refractivity contribution is 7.30. The van der Waals surface area contributed by atoms with Gasteiger partial charge in [0.25, 0.3) is 0 Å². The van der Waals surface area contributed by atoms with E-state index in [0.29, 0.717) is 54.6 Å². The van der Waals surface area contributed by atoms with Crippen LogP contribution in [-0.2, 0) is 57.8 Å². The summed E-state index contributed by atoms with van der Waals surface area (Å²) in [6.45, 7) is 23.5. The summed E-state index contributed by atoms with van der Waals surface area (Å²) in [5.74, 6) is 0.948. The highest BCUT2D eigenvalue weighted by Crippen LogP contribution is 2.46. The highest BCUT2D eigenvalue weighted by Gasteiger charge is 2.53. The summed E-state index contributed by atoms with van der Waals surface area (Å²) in [5.41, 5.74) is 3.16. The van der Waals surface area contributed by atoms with Crippen molar-refractivity contribution >= 4 is 37.9 Å². The van der Waals surface area contributed by atoms with Gasteiger partial charge in [-0.3, -0.25) is 0 Å². The number of nitrogens with zero attached hydrogens (tertiary/aromatic N) is 1. The Morgan fingerprint density at radius 3 is 1.14 bits per heavy atom. The van der Waals surface area contributed by atoms with E-state index in [1.54, 1.807) is 63.4 Å². The van der Waals surface area contributed by atoms with E-state index < -0.39 is 76.0 Å². The molecular formula is C77H100B2FN3O16P2+2. The zero-order chi connectivity index (χ0) is 73.1. The van der Waals surface area contributed by atoms with Crippen LogP contribution in [0.4, 0.5) is 10.1 Å². The van der Waals surface area contributed by atoms with Gasteiger partial charge in [0.2, 0.25) is 0 Å². The van der Waals surface area contributed by atoms with Crippen LogP contribution in [0.2, 0.25) is 0 Å². The minimum atomic E-state index is -3.34. The molecule has 7 aromatic carbocycles. The lowest BCUT2D eigenvalue weighted by atomic mass is 9.80. The summed E-state index contributed by atoms with van der Waals surface area (Å²) in [4.78, 5) is 28.8. The Morgan fingerprint density at radius 2 is 0.812 bits per heavy atom. The Balaban J connectivity index is 0.000000247. The van der Waals surface area contributed by atoms with Gasteiger partial charge < -0.3 is 71.9 Å². The fourth-order valence-corrected chi connectivity index (χ4v) is 14.0. The number of quaternary nitrogens is 2. The first-order valence-corrected chi connectivity index (χ1v) is 36.8. The van der Waals surface area contributed by atoms with Crippen LogP contribution in [0, 0.1) is 11.7 Å². The minimum absolute atomic E-state index is 0.0266. The molecule has 19 nitrogen and oxygen atoms in total. The Bertz CT molecular complexity index is 3430. The summed E-state index contributed by atoms with van der Waals surface area (Å²) in [6, 6.07) is 54.6. The Morgan fingerprint density at radius 1 is 0.485 bits per heavy atom. The second kappa shape index (κ2) is 40.4. The van der Waals surface area contributed by atoms with Crippen molar-refractivity contribution < 1.29 is 89.5 Å². The number of hydrogen-bond donors (Lipinski definition) is 2. The van der Waals surface area contributed by atoms with Gasteiger partial charge in [0, 0.05) is 51.0 Å². The number of halogens is 1. The lowest BCUT2D eigenvalue weighted by Crippen LogP contribution is -3.11. The maximum absolute atomic E-state index is 14.6. The third-order valence-corrected chi connectivity index (χ3v) is 20.0. The van der Waals surface area contributed by atoms with Gasteiger partial charge in [-0.1, -0.05) is 128 Å². The standard InChI is InChI=1S/C38H40BFNO9P.C27H28BO7P.2C6H15N/c1-44-29-17-13-27(14-18-29)38(26-9-5-4-6-10-26,28-15-19-30(45-2)20-16-28)47-25-33-34(50-51(42)43)35(36(39)48-33)49-37(46-3)21-23-41(24-22-37)32-12-8-7-11-31(32)40;1-18-25(35-36(29)30)24(34-26(18)28)17-33-27(19-7-5-4-6-8-19,20-9-13-22(31-2)14-10-20)21-11-15-23(32-3)16-12-21;2*1-4-7(5-2)6-3/h4-20,33-36H,21-25H2,1-3H3;4-16,18,24-26H,17H2,1-3H3;2*4-6H2,1-3H3/p+2/t33-,34+,35?,36-;18?,24-,25-,26-;;/m11../s1. The van der Waals surface area contributed by atoms with Crippen molar-refractivity contribution in [2.24, 2.45) is 5.92 Å². The van der Waals surface area contributed by atoms with E-state index >= 15 is 0 Å². The van der Waals surface area contributed by atoms with Gasteiger partial charge in [-0.25, -0.2) is 4.39 Å². The fourth-order valence-electron chi connectivity index (χ4n) is 13.1. The van der Waals surface area contributed by atoms with Crippen molar-refractivity contribution in [2.45, 2.75) is 121 Å². The largest absolute Gasteiger partial charge is 0.566 e. The van der Waals surface area contributed by atoms with Crippen molar-refractivity contribution in [1.29, 1.82) is 0 Å². The van der Waals surface area contributed by atoms with Gasteiger partial charge in [0.1, 0.15) is 80.1 Å². The van der Waals surface area contributed by atoms with Crippen LogP contribution >= 0.6 is 16.5 Å². The number of anilines is 1. The van der Waals surface area contributed by atoms with Gasteiger partial charge in [-0.2, -0.15) is 0 Å². The topological polar surface area (TPSA) is 203 Å². The molecule has 10 atom stereocenters. The molecule has 10 rings (SSSR count). The number of hydrogen-bond acceptors (Lipinski definition) is 17. The fraction of sp³-hybridized carbons (Fsp3) is 0.455. The molecule has 101 heavy (non-hydrogen) atoms. The molecule has 0 spiro atoms. The molecule has 4 radical (unpaired) electrons. The molecule has 0 aromatic heterocycles. The number of methoxy groups -OCH3 is 5. The van der Waals surface area contributed by atoms with Crippen molar-refractivity contribution in [3.8, 4) is 23.0 Å². The van der Waals surface area contributed by atoms with E-state index in [0.717, 1.165) is 33.4 Å². The SMILES string of the molecule is CC[NH+](CC)CC.CC[NH+](CC)CC.[B][C@@H]1O[C@H](COC(c2ccccc2)(c2ccc(OC)cc2)c2ccc(OC)cc2)[C@H](O[P+](=O)[O-])C1C.[B][C@@H]1O[C@H](COC(c2ccccc2)(c2ccc(OC)cc2)c2ccc(OC)cc2)[C@H](O[P+](=O)[O-])C1OC1(OC)CCN(c2ccccc2F)CC1. The molecule has 0 aliphatic carbocycles.